The predicted octanol–water partition coefficient (Wildman–Crippen LogP) is 2.20. The molecule has 1 aliphatic heterocycles. The molecule has 6 heteroatoms. The molecule has 0 bridgehead atoms. The molecule has 1 fully saturated rings. The quantitative estimate of drug-likeness (QED) is 0.684. The number of nitrogens with zero attached hydrogens (tertiary/aromatic N) is 1. The van der Waals surface area contributed by atoms with Gasteiger partial charge in [0.05, 0.1) is 24.0 Å². The second kappa shape index (κ2) is 6.76. The molecule has 0 saturated carbocycles. The number of nitrogens with two attached hydrogens (primary N) is 1. The van der Waals surface area contributed by atoms with Crippen LogP contribution in [0, 0.1) is 5.82 Å². The number of rotatable bonds is 3. The summed E-state index contributed by atoms with van der Waals surface area (Å²) in [4.78, 5) is 13.8. The first-order valence-electron chi connectivity index (χ1n) is 7.15. The Morgan fingerprint density at radius 3 is 3.05 bits per heavy atom. The minimum atomic E-state index is -0.532. The Kier molecular flexibility index (Phi) is 5.01. The van der Waals surface area contributed by atoms with Gasteiger partial charge in [-0.3, -0.25) is 0 Å². The molecule has 0 aromatic heterocycles. The number of benzene rings is 1. The van der Waals surface area contributed by atoms with Crippen LogP contribution in [0.1, 0.15) is 30.6 Å². The lowest BCUT2D eigenvalue weighted by molar-refractivity contribution is 0.0527. The number of hydrogen-bond acceptors (Lipinski definition) is 5. The lowest BCUT2D eigenvalue weighted by Crippen LogP contribution is -2.31. The summed E-state index contributed by atoms with van der Waals surface area (Å²) in [6.07, 6.45) is 0.818. The average molecular weight is 296 g/mol. The smallest absolute Gasteiger partial charge is 0.340 e. The van der Waals surface area contributed by atoms with Gasteiger partial charge in [-0.1, -0.05) is 0 Å². The summed E-state index contributed by atoms with van der Waals surface area (Å²) in [6, 6.07) is 2.65. The van der Waals surface area contributed by atoms with Crippen LogP contribution in [0.15, 0.2) is 12.1 Å². The summed E-state index contributed by atoms with van der Waals surface area (Å²) in [6.45, 7) is 5.81. The summed E-state index contributed by atoms with van der Waals surface area (Å²) in [5, 5.41) is 0. The third kappa shape index (κ3) is 3.64. The number of carbonyl (C=O) groups excluding carboxylic acids is 1. The normalized spacial score (nSPS) is 19.2. The van der Waals surface area contributed by atoms with Crippen molar-refractivity contribution >= 4 is 17.3 Å². The van der Waals surface area contributed by atoms with Gasteiger partial charge in [-0.15, -0.1) is 0 Å². The highest BCUT2D eigenvalue weighted by Crippen LogP contribution is 2.27. The molecule has 116 valence electrons. The van der Waals surface area contributed by atoms with E-state index in [1.54, 1.807) is 6.92 Å². The van der Waals surface area contributed by atoms with Crippen LogP contribution in [-0.4, -0.2) is 38.4 Å². The first kappa shape index (κ1) is 15.6. The molecule has 1 aromatic carbocycles. The van der Waals surface area contributed by atoms with E-state index in [1.165, 1.54) is 12.1 Å². The van der Waals surface area contributed by atoms with Gasteiger partial charge in [0.1, 0.15) is 5.82 Å². The Morgan fingerprint density at radius 1 is 1.57 bits per heavy atom. The van der Waals surface area contributed by atoms with E-state index in [1.807, 2.05) is 11.8 Å². The molecule has 1 unspecified atom stereocenters. The van der Waals surface area contributed by atoms with Crippen LogP contribution in [0.2, 0.25) is 0 Å². The molecule has 0 spiro atoms. The Hall–Kier alpha value is -1.82. The van der Waals surface area contributed by atoms with E-state index < -0.39 is 11.8 Å². The third-order valence-corrected chi connectivity index (χ3v) is 3.41. The highest BCUT2D eigenvalue weighted by Gasteiger charge is 2.22. The van der Waals surface area contributed by atoms with Crippen LogP contribution in [-0.2, 0) is 9.47 Å². The molecule has 21 heavy (non-hydrogen) atoms. The van der Waals surface area contributed by atoms with Gasteiger partial charge in [0.25, 0.3) is 0 Å². The number of ether oxygens (including phenoxy) is 2. The molecule has 1 heterocycles. The number of esters is 1. The number of halogens is 1. The van der Waals surface area contributed by atoms with Crippen LogP contribution in [0.25, 0.3) is 0 Å². The van der Waals surface area contributed by atoms with E-state index in [0.717, 1.165) is 6.42 Å². The van der Waals surface area contributed by atoms with E-state index >= 15 is 0 Å². The monoisotopic (exact) mass is 296 g/mol. The molecule has 2 N–H and O–H groups in total. The second-order valence-corrected chi connectivity index (χ2v) is 5.09. The fraction of sp³-hybridized carbons (Fsp3) is 0.533. The third-order valence-electron chi connectivity index (χ3n) is 3.41. The van der Waals surface area contributed by atoms with Gasteiger partial charge in [-0.05, 0) is 32.4 Å². The van der Waals surface area contributed by atoms with Crippen molar-refractivity contribution in [1.82, 2.24) is 0 Å². The summed E-state index contributed by atoms with van der Waals surface area (Å²) >= 11 is 0. The van der Waals surface area contributed by atoms with Crippen molar-refractivity contribution in [3.8, 4) is 0 Å². The molecule has 2 rings (SSSR count). The van der Waals surface area contributed by atoms with E-state index in [4.69, 9.17) is 15.2 Å². The van der Waals surface area contributed by atoms with Gasteiger partial charge in [0, 0.05) is 25.4 Å². The highest BCUT2D eigenvalue weighted by molar-refractivity contribution is 5.96. The zero-order valence-corrected chi connectivity index (χ0v) is 12.4. The second-order valence-electron chi connectivity index (χ2n) is 5.09. The van der Waals surface area contributed by atoms with Gasteiger partial charge >= 0.3 is 5.97 Å². The number of anilines is 2. The molecule has 1 aliphatic rings. The summed E-state index contributed by atoms with van der Waals surface area (Å²) in [7, 11) is 0. The first-order chi connectivity index (χ1) is 10.0. The van der Waals surface area contributed by atoms with Gasteiger partial charge in [0.15, 0.2) is 0 Å². The molecule has 0 amide bonds. The Balaban J connectivity index is 2.33. The van der Waals surface area contributed by atoms with Crippen molar-refractivity contribution in [2.75, 3.05) is 36.9 Å². The molecular weight excluding hydrogens is 275 g/mol. The van der Waals surface area contributed by atoms with Crippen molar-refractivity contribution in [2.45, 2.75) is 26.4 Å². The first-order valence-corrected chi connectivity index (χ1v) is 7.15. The zero-order valence-electron chi connectivity index (χ0n) is 12.4. The standard InChI is InChI=1S/C15H21FN2O3/c1-3-20-15(19)11-7-14(12(16)8-13(11)17)18-5-4-6-21-10(2)9-18/h7-8,10H,3-6,9,17H2,1-2H3. The minimum absolute atomic E-state index is 0.00972. The molecule has 0 aliphatic carbocycles. The van der Waals surface area contributed by atoms with E-state index in [2.05, 4.69) is 0 Å². The number of carbonyl (C=O) groups is 1. The van der Waals surface area contributed by atoms with Crippen molar-refractivity contribution < 1.29 is 18.7 Å². The van der Waals surface area contributed by atoms with Crippen molar-refractivity contribution in [3.63, 3.8) is 0 Å². The molecule has 0 radical (unpaired) electrons. The average Bonchev–Trinajstić information content (AvgIpc) is 2.63. The maximum atomic E-state index is 14.2. The summed E-state index contributed by atoms with van der Waals surface area (Å²) in [5.41, 5.74) is 6.38. The summed E-state index contributed by atoms with van der Waals surface area (Å²) < 4.78 is 24.7. The van der Waals surface area contributed by atoms with Crippen LogP contribution in [0.5, 0.6) is 0 Å². The van der Waals surface area contributed by atoms with Gasteiger partial charge < -0.3 is 20.1 Å². The number of nitrogen functional groups attached to an aromatic ring is 1. The zero-order chi connectivity index (χ0) is 15.4. The molecule has 1 aromatic rings. The topological polar surface area (TPSA) is 64.8 Å². The van der Waals surface area contributed by atoms with Crippen LogP contribution < -0.4 is 10.6 Å². The Labute approximate surface area is 123 Å². The largest absolute Gasteiger partial charge is 0.462 e. The molecule has 1 saturated heterocycles. The maximum absolute atomic E-state index is 14.2. The minimum Gasteiger partial charge on any atom is -0.462 e. The SMILES string of the molecule is CCOC(=O)c1cc(N2CCCOC(C)C2)c(F)cc1N. The summed E-state index contributed by atoms with van der Waals surface area (Å²) in [5.74, 6) is -0.968. The fourth-order valence-corrected chi connectivity index (χ4v) is 2.42. The van der Waals surface area contributed by atoms with Crippen LogP contribution in [0.3, 0.4) is 0 Å². The molecule has 5 nitrogen and oxygen atoms in total. The van der Waals surface area contributed by atoms with Gasteiger partial charge in [-0.2, -0.15) is 0 Å². The van der Waals surface area contributed by atoms with Crippen molar-refractivity contribution in [3.05, 3.63) is 23.5 Å². The number of hydrogen-bond donors (Lipinski definition) is 1. The van der Waals surface area contributed by atoms with E-state index in [0.29, 0.717) is 25.4 Å². The molecular formula is C15H21FN2O3. The van der Waals surface area contributed by atoms with Crippen molar-refractivity contribution in [2.24, 2.45) is 0 Å². The van der Waals surface area contributed by atoms with Gasteiger partial charge in [-0.25, -0.2) is 9.18 Å². The Morgan fingerprint density at radius 2 is 2.33 bits per heavy atom. The highest BCUT2D eigenvalue weighted by atomic mass is 19.1. The maximum Gasteiger partial charge on any atom is 0.340 e. The van der Waals surface area contributed by atoms with E-state index in [-0.39, 0.29) is 24.0 Å². The fourth-order valence-electron chi connectivity index (χ4n) is 2.42. The van der Waals surface area contributed by atoms with Gasteiger partial charge in [0.2, 0.25) is 0 Å². The molecule has 1 atom stereocenters. The van der Waals surface area contributed by atoms with Crippen molar-refractivity contribution in [1.29, 1.82) is 0 Å². The lowest BCUT2D eigenvalue weighted by atomic mass is 10.1. The van der Waals surface area contributed by atoms with E-state index in [9.17, 15) is 9.18 Å². The predicted molar refractivity (Wildman–Crippen MR) is 79.0 cm³/mol. The lowest BCUT2D eigenvalue weighted by Gasteiger charge is -2.25. The van der Waals surface area contributed by atoms with Crippen LogP contribution >= 0.6 is 0 Å². The Bertz CT molecular complexity index is 522. The van der Waals surface area contributed by atoms with Crippen LogP contribution in [0.4, 0.5) is 15.8 Å².